The van der Waals surface area contributed by atoms with Crippen molar-refractivity contribution < 1.29 is 52.7 Å². The highest BCUT2D eigenvalue weighted by Crippen LogP contribution is 2.37. The van der Waals surface area contributed by atoms with Crippen LogP contribution in [0.1, 0.15) is 6.92 Å². The lowest BCUT2D eigenvalue weighted by molar-refractivity contribution is -0.294. The fourth-order valence-electron chi connectivity index (χ4n) is 2.66. The van der Waals surface area contributed by atoms with Crippen LogP contribution in [0.15, 0.2) is 0 Å². The van der Waals surface area contributed by atoms with Crippen molar-refractivity contribution in [2.24, 2.45) is 0 Å². The van der Waals surface area contributed by atoms with Crippen molar-refractivity contribution in [2.45, 2.75) is 49.4 Å². The number of methoxy groups -OCH3 is 1. The van der Waals surface area contributed by atoms with E-state index in [1.54, 1.807) is 0 Å². The molecule has 1 saturated heterocycles. The molecule has 1 unspecified atom stereocenters. The average molecular weight is 424 g/mol. The summed E-state index contributed by atoms with van der Waals surface area (Å²) in [5.74, 6) is -4.49. The summed E-state index contributed by atoms with van der Waals surface area (Å²) < 4.78 is 43.2. The summed E-state index contributed by atoms with van der Waals surface area (Å²) in [7, 11) is 0.727. The number of aliphatic hydroxyl groups excluding tert-OH is 3. The van der Waals surface area contributed by atoms with E-state index in [1.807, 2.05) is 0 Å². The van der Waals surface area contributed by atoms with Crippen LogP contribution in [-0.2, 0) is 23.8 Å². The molecule has 0 aromatic rings. The van der Waals surface area contributed by atoms with Crippen LogP contribution in [-0.4, -0.2) is 96.0 Å². The molecule has 1 fully saturated rings. The number of carbonyl (C=O) groups is 3. The molecular weight excluding hydrogens is 402 g/mol. The summed E-state index contributed by atoms with van der Waals surface area (Å²) in [5.41, 5.74) is 0. The fourth-order valence-corrected chi connectivity index (χ4v) is 2.66. The molecule has 1 aliphatic rings. The van der Waals surface area contributed by atoms with Gasteiger partial charge in [0.25, 0.3) is 0 Å². The maximum absolute atomic E-state index is 15.0. The zero-order valence-corrected chi connectivity index (χ0v) is 15.5. The molecule has 7 atom stereocenters. The van der Waals surface area contributed by atoms with E-state index >= 15 is 0 Å². The highest BCUT2D eigenvalue weighted by Gasteiger charge is 2.64. The molecule has 0 radical (unpaired) electrons. The first-order chi connectivity index (χ1) is 13.5. The molecule has 0 spiro atoms. The summed E-state index contributed by atoms with van der Waals surface area (Å²) in [5, 5.41) is 33.6. The molecule has 29 heavy (non-hydrogen) atoms. The van der Waals surface area contributed by atoms with Crippen LogP contribution >= 0.6 is 0 Å². The number of hydrogen-bond acceptors (Lipinski definition) is 9. The third kappa shape index (κ3) is 5.51. The van der Waals surface area contributed by atoms with Crippen molar-refractivity contribution in [3.8, 4) is 12.3 Å². The Kier molecular flexibility index (Phi) is 8.71. The molecule has 5 N–H and O–H groups in total. The largest absolute Gasteiger partial charge is 0.465 e. The number of hydrogen-bond donors (Lipinski definition) is 5. The Labute approximate surface area is 164 Å². The molecule has 0 bridgehead atoms. The Morgan fingerprint density at radius 1 is 1.41 bits per heavy atom. The van der Waals surface area contributed by atoms with Gasteiger partial charge >= 0.3 is 17.9 Å². The number of amides is 2. The van der Waals surface area contributed by atoms with Crippen molar-refractivity contribution in [1.29, 1.82) is 0 Å². The summed E-state index contributed by atoms with van der Waals surface area (Å²) in [6.07, 6.45) is -7.61. The Hall–Kier alpha value is -2.53. The van der Waals surface area contributed by atoms with Gasteiger partial charge in [-0.05, 0) is 0 Å². The number of aliphatic hydroxyl groups is 3. The minimum atomic E-state index is -3.86. The van der Waals surface area contributed by atoms with Gasteiger partial charge in [0.15, 0.2) is 12.3 Å². The minimum Gasteiger partial charge on any atom is -0.465 e. The first-order valence-corrected chi connectivity index (χ1v) is 8.24. The summed E-state index contributed by atoms with van der Waals surface area (Å²) >= 11 is 0. The van der Waals surface area contributed by atoms with E-state index in [9.17, 15) is 38.5 Å². The van der Waals surface area contributed by atoms with E-state index in [0.717, 1.165) is 14.0 Å². The van der Waals surface area contributed by atoms with Crippen LogP contribution in [0.3, 0.4) is 0 Å². The second-order valence-electron chi connectivity index (χ2n) is 6.02. The average Bonchev–Trinajstić information content (AvgIpc) is 2.69. The molecule has 1 heterocycles. The van der Waals surface area contributed by atoms with Crippen LogP contribution in [0, 0.1) is 12.3 Å². The summed E-state index contributed by atoms with van der Waals surface area (Å²) in [6.45, 7) is -0.370. The molecule has 11 nitrogen and oxygen atoms in total. The number of ether oxygens (including phenoxy) is 3. The Balaban J connectivity index is 3.36. The maximum Gasteiger partial charge on any atom is 0.408 e. The van der Waals surface area contributed by atoms with Crippen molar-refractivity contribution in [3.05, 3.63) is 0 Å². The van der Waals surface area contributed by atoms with Crippen molar-refractivity contribution in [1.82, 2.24) is 10.6 Å². The monoisotopic (exact) mass is 424 g/mol. The van der Waals surface area contributed by atoms with Gasteiger partial charge in [0.1, 0.15) is 18.3 Å². The predicted octanol–water partition coefficient (Wildman–Crippen LogP) is -2.49. The lowest BCUT2D eigenvalue weighted by Gasteiger charge is -2.46. The van der Waals surface area contributed by atoms with E-state index < -0.39 is 67.1 Å². The Bertz CT molecular complexity index is 659. The standard InChI is InChI=1S/C16H22F2N2O9/c1-4-5-19-15(26)28-11(8(23)6-21)12-9(20-7(2)22)10(24)13(17)16(18,29-12)14(25)27-3/h1,8-13,21,23-24H,5-6H2,2-3H3,(H,19,26)(H,20,22)/t8-,9-,10-,11-,12?,13-,16-/m1/s1. The fraction of sp³-hybridized carbons (Fsp3) is 0.688. The zero-order valence-electron chi connectivity index (χ0n) is 15.5. The van der Waals surface area contributed by atoms with Crippen LogP contribution in [0.25, 0.3) is 0 Å². The van der Waals surface area contributed by atoms with Gasteiger partial charge in [0.2, 0.25) is 5.91 Å². The lowest BCUT2D eigenvalue weighted by Crippen LogP contribution is -2.71. The number of esters is 1. The van der Waals surface area contributed by atoms with Crippen LogP contribution in [0.5, 0.6) is 0 Å². The van der Waals surface area contributed by atoms with E-state index in [1.165, 1.54) is 0 Å². The molecule has 13 heteroatoms. The Morgan fingerprint density at radius 2 is 2.03 bits per heavy atom. The number of terminal acetylenes is 1. The van der Waals surface area contributed by atoms with Gasteiger partial charge in [0.05, 0.1) is 26.3 Å². The second kappa shape index (κ2) is 10.3. The highest BCUT2D eigenvalue weighted by atomic mass is 19.2. The highest BCUT2D eigenvalue weighted by molar-refractivity contribution is 5.79. The lowest BCUT2D eigenvalue weighted by atomic mass is 9.87. The van der Waals surface area contributed by atoms with Crippen molar-refractivity contribution in [3.63, 3.8) is 0 Å². The first-order valence-electron chi connectivity index (χ1n) is 8.24. The SMILES string of the molecule is C#CCNC(=O)O[C@@H](C1O[C@@](F)(C(=O)OC)[C@H](F)[C@H](O)[C@H]1NC(C)=O)[C@H](O)CO. The molecule has 0 saturated carbocycles. The number of alkyl carbamates (subject to hydrolysis) is 1. The number of rotatable bonds is 7. The third-order valence-electron chi connectivity index (χ3n) is 3.99. The first kappa shape index (κ1) is 24.5. The summed E-state index contributed by atoms with van der Waals surface area (Å²) in [6, 6.07) is -1.79. The topological polar surface area (TPSA) is 164 Å². The quantitative estimate of drug-likeness (QED) is 0.220. The van der Waals surface area contributed by atoms with E-state index in [2.05, 4.69) is 21.3 Å². The van der Waals surface area contributed by atoms with Crippen molar-refractivity contribution >= 4 is 18.0 Å². The number of carbonyl (C=O) groups excluding carboxylic acids is 3. The van der Waals surface area contributed by atoms with Crippen molar-refractivity contribution in [2.75, 3.05) is 20.3 Å². The van der Waals surface area contributed by atoms with Gasteiger partial charge < -0.3 is 40.2 Å². The van der Waals surface area contributed by atoms with Gasteiger partial charge in [0, 0.05) is 6.92 Å². The third-order valence-corrected chi connectivity index (χ3v) is 3.99. The van der Waals surface area contributed by atoms with Gasteiger partial charge in [-0.2, -0.15) is 4.39 Å². The second-order valence-corrected chi connectivity index (χ2v) is 6.02. The van der Waals surface area contributed by atoms with Crippen LogP contribution in [0.4, 0.5) is 13.6 Å². The minimum absolute atomic E-state index is 0.300. The van der Waals surface area contributed by atoms with Gasteiger partial charge in [-0.1, -0.05) is 5.92 Å². The molecule has 0 aromatic heterocycles. The molecule has 164 valence electrons. The number of alkyl halides is 2. The van der Waals surface area contributed by atoms with E-state index in [-0.39, 0.29) is 6.54 Å². The number of nitrogens with one attached hydrogen (secondary N) is 2. The Morgan fingerprint density at radius 3 is 2.52 bits per heavy atom. The molecule has 1 aliphatic heterocycles. The normalized spacial score (nSPS) is 31.0. The number of halogens is 2. The molecule has 1 rings (SSSR count). The van der Waals surface area contributed by atoms with Crippen LogP contribution in [0.2, 0.25) is 0 Å². The zero-order chi connectivity index (χ0) is 22.4. The van der Waals surface area contributed by atoms with E-state index in [0.29, 0.717) is 0 Å². The molecule has 2 amide bonds. The maximum atomic E-state index is 15.0. The van der Waals surface area contributed by atoms with Gasteiger partial charge in [-0.3, -0.25) is 4.79 Å². The van der Waals surface area contributed by atoms with Crippen LogP contribution < -0.4 is 10.6 Å². The molecular formula is C16H22F2N2O9. The molecule has 0 aliphatic carbocycles. The summed E-state index contributed by atoms with van der Waals surface area (Å²) in [4.78, 5) is 35.0. The predicted molar refractivity (Wildman–Crippen MR) is 89.4 cm³/mol. The van der Waals surface area contributed by atoms with Gasteiger partial charge in [-0.25, -0.2) is 14.0 Å². The van der Waals surface area contributed by atoms with E-state index in [4.69, 9.17) is 15.9 Å². The van der Waals surface area contributed by atoms with Gasteiger partial charge in [-0.15, -0.1) is 6.42 Å². The smallest absolute Gasteiger partial charge is 0.408 e. The molecule has 0 aromatic carbocycles.